The lowest BCUT2D eigenvalue weighted by Gasteiger charge is -2.28. The van der Waals surface area contributed by atoms with Gasteiger partial charge in [0.05, 0.1) is 30.2 Å². The molecule has 1 aliphatic carbocycles. The van der Waals surface area contributed by atoms with Crippen LogP contribution in [0, 0.1) is 11.3 Å². The summed E-state index contributed by atoms with van der Waals surface area (Å²) in [7, 11) is 0. The van der Waals surface area contributed by atoms with Crippen LogP contribution in [0.2, 0.25) is 0 Å². The number of ketones is 1. The third-order valence-corrected chi connectivity index (χ3v) is 6.81. The number of para-hydroxylation sites is 1. The second-order valence-corrected chi connectivity index (χ2v) is 10.7. The number of benzene rings is 1. The molecular formula is C28H35N5O4. The van der Waals surface area contributed by atoms with Crippen molar-refractivity contribution >= 4 is 34.9 Å². The first-order chi connectivity index (χ1) is 17.7. The van der Waals surface area contributed by atoms with Crippen LogP contribution in [0.4, 0.5) is 16.3 Å². The van der Waals surface area contributed by atoms with Gasteiger partial charge >= 0.3 is 6.03 Å². The summed E-state index contributed by atoms with van der Waals surface area (Å²) >= 11 is 0. The van der Waals surface area contributed by atoms with Gasteiger partial charge in [0.1, 0.15) is 12.4 Å². The van der Waals surface area contributed by atoms with Crippen molar-refractivity contribution in [3.63, 3.8) is 0 Å². The van der Waals surface area contributed by atoms with Crippen molar-refractivity contribution in [1.82, 2.24) is 9.99 Å². The van der Waals surface area contributed by atoms with Crippen LogP contribution in [0.1, 0.15) is 64.1 Å². The van der Waals surface area contributed by atoms with Gasteiger partial charge in [-0.05, 0) is 31.0 Å². The number of pyridine rings is 1. The largest absolute Gasteiger partial charge is 0.390 e. The summed E-state index contributed by atoms with van der Waals surface area (Å²) in [5, 5.41) is 18.0. The lowest BCUT2D eigenvalue weighted by Crippen LogP contribution is -2.47. The van der Waals surface area contributed by atoms with E-state index in [0.717, 1.165) is 37.0 Å². The van der Waals surface area contributed by atoms with Gasteiger partial charge in [-0.1, -0.05) is 64.3 Å². The number of nitrogens with one attached hydrogen (secondary N) is 1. The minimum absolute atomic E-state index is 0.0915. The van der Waals surface area contributed by atoms with Crippen LogP contribution in [0.25, 0.3) is 0 Å². The summed E-state index contributed by atoms with van der Waals surface area (Å²) in [6, 6.07) is 12.0. The zero-order valence-corrected chi connectivity index (χ0v) is 21.7. The normalized spacial score (nSPS) is 16.6. The summed E-state index contributed by atoms with van der Waals surface area (Å²) < 4.78 is 0. The first-order valence-electron chi connectivity index (χ1n) is 12.8. The average molecular weight is 506 g/mol. The van der Waals surface area contributed by atoms with E-state index in [0.29, 0.717) is 11.4 Å². The Morgan fingerprint density at radius 3 is 2.46 bits per heavy atom. The summed E-state index contributed by atoms with van der Waals surface area (Å²) in [4.78, 5) is 45.6. The predicted molar refractivity (Wildman–Crippen MR) is 142 cm³/mol. The Hall–Kier alpha value is -3.59. The van der Waals surface area contributed by atoms with Crippen LogP contribution in [0.5, 0.6) is 0 Å². The van der Waals surface area contributed by atoms with Crippen molar-refractivity contribution in [3.8, 4) is 0 Å². The Labute approximate surface area is 217 Å². The van der Waals surface area contributed by atoms with E-state index in [4.69, 9.17) is 5.10 Å². The van der Waals surface area contributed by atoms with E-state index in [-0.39, 0.29) is 37.2 Å². The number of carbonyl (C=O) groups excluding carboxylic acids is 3. The number of urea groups is 1. The van der Waals surface area contributed by atoms with Gasteiger partial charge in [-0.25, -0.2) is 14.8 Å². The van der Waals surface area contributed by atoms with E-state index >= 15 is 0 Å². The molecule has 1 aliphatic heterocycles. The molecule has 0 radical (unpaired) electrons. The van der Waals surface area contributed by atoms with Gasteiger partial charge in [0, 0.05) is 16.9 Å². The zero-order valence-electron chi connectivity index (χ0n) is 21.7. The van der Waals surface area contributed by atoms with E-state index in [1.54, 1.807) is 18.2 Å². The van der Waals surface area contributed by atoms with Crippen LogP contribution < -0.4 is 10.2 Å². The maximum absolute atomic E-state index is 13.9. The number of nitrogens with zero attached hydrogens (tertiary/aromatic N) is 4. The molecule has 0 saturated heterocycles. The Morgan fingerprint density at radius 2 is 1.76 bits per heavy atom. The van der Waals surface area contributed by atoms with Gasteiger partial charge in [0.2, 0.25) is 5.91 Å². The van der Waals surface area contributed by atoms with Crippen LogP contribution in [0.15, 0.2) is 47.6 Å². The van der Waals surface area contributed by atoms with Crippen LogP contribution in [0.3, 0.4) is 0 Å². The number of rotatable bonds is 7. The van der Waals surface area contributed by atoms with E-state index < -0.39 is 17.4 Å². The fraction of sp³-hybridized carbons (Fsp3) is 0.464. The van der Waals surface area contributed by atoms with Crippen molar-refractivity contribution < 1.29 is 19.5 Å². The van der Waals surface area contributed by atoms with Gasteiger partial charge in [-0.2, -0.15) is 5.10 Å². The lowest BCUT2D eigenvalue weighted by molar-refractivity contribution is -0.124. The summed E-state index contributed by atoms with van der Waals surface area (Å²) in [6.07, 6.45) is 5.25. The Balaban J connectivity index is 1.70. The van der Waals surface area contributed by atoms with E-state index in [2.05, 4.69) is 10.3 Å². The minimum atomic E-state index is -0.639. The number of hydrogen-bond donors (Lipinski definition) is 2. The Bertz CT molecular complexity index is 1200. The highest BCUT2D eigenvalue weighted by Gasteiger charge is 2.36. The van der Waals surface area contributed by atoms with Crippen molar-refractivity contribution in [2.75, 3.05) is 23.3 Å². The standard InChI is InChI=1S/C28H35N5O4/c1-28(2,3)23(35)16-32-22-14-8-7-13-21(22)26(19-10-5-4-6-11-19)31-33(27(32)37)17-25(36)30-24-15-9-12-20(18-34)29-24/h7-9,12-15,19,34H,4-6,10-11,16-18H2,1-3H3,(H,29,30,36). The summed E-state index contributed by atoms with van der Waals surface area (Å²) in [5.74, 6) is -0.130. The molecule has 4 rings (SSSR count). The summed E-state index contributed by atoms with van der Waals surface area (Å²) in [5.41, 5.74) is 2.02. The number of anilines is 2. The van der Waals surface area contributed by atoms with Gasteiger partial charge in [0.25, 0.3) is 0 Å². The maximum Gasteiger partial charge on any atom is 0.345 e. The fourth-order valence-corrected chi connectivity index (χ4v) is 4.66. The first-order valence-corrected chi connectivity index (χ1v) is 12.8. The number of Topliss-reactive ketones (excluding diaryl/α,β-unsaturated/α-hetero) is 1. The zero-order chi connectivity index (χ0) is 26.6. The molecule has 0 bridgehead atoms. The molecule has 0 atom stereocenters. The van der Waals surface area contributed by atoms with Gasteiger partial charge in [-0.15, -0.1) is 0 Å². The number of hydrazone groups is 1. The molecule has 37 heavy (non-hydrogen) atoms. The van der Waals surface area contributed by atoms with E-state index in [1.165, 1.54) is 16.3 Å². The van der Waals surface area contributed by atoms with E-state index in [1.807, 2.05) is 45.0 Å². The molecule has 1 aromatic heterocycles. The first kappa shape index (κ1) is 26.5. The van der Waals surface area contributed by atoms with Gasteiger partial charge < -0.3 is 10.4 Å². The van der Waals surface area contributed by atoms with Crippen molar-refractivity contribution in [2.24, 2.45) is 16.4 Å². The number of amides is 3. The number of hydrogen-bond acceptors (Lipinski definition) is 6. The Morgan fingerprint density at radius 1 is 1.03 bits per heavy atom. The number of aliphatic hydroxyl groups excluding tert-OH is 1. The molecule has 9 nitrogen and oxygen atoms in total. The molecular weight excluding hydrogens is 470 g/mol. The van der Waals surface area contributed by atoms with Gasteiger partial charge in [0.15, 0.2) is 5.78 Å². The topological polar surface area (TPSA) is 115 Å². The quantitative estimate of drug-likeness (QED) is 0.580. The van der Waals surface area contributed by atoms with Gasteiger partial charge in [-0.3, -0.25) is 14.5 Å². The number of aromatic nitrogens is 1. The highest BCUT2D eigenvalue weighted by Crippen LogP contribution is 2.34. The molecule has 1 fully saturated rings. The lowest BCUT2D eigenvalue weighted by atomic mass is 9.83. The third-order valence-electron chi connectivity index (χ3n) is 6.81. The van der Waals surface area contributed by atoms with Crippen molar-refractivity contribution in [3.05, 3.63) is 53.7 Å². The molecule has 0 unspecified atom stereocenters. The second-order valence-electron chi connectivity index (χ2n) is 10.7. The molecule has 196 valence electrons. The summed E-state index contributed by atoms with van der Waals surface area (Å²) in [6.45, 7) is 4.77. The van der Waals surface area contributed by atoms with Crippen LogP contribution >= 0.6 is 0 Å². The fourth-order valence-electron chi connectivity index (χ4n) is 4.66. The Kier molecular flexibility index (Phi) is 8.02. The number of fused-ring (bicyclic) bond motifs is 1. The maximum atomic E-state index is 13.9. The van der Waals surface area contributed by atoms with Crippen molar-refractivity contribution in [2.45, 2.75) is 59.5 Å². The van der Waals surface area contributed by atoms with Crippen LogP contribution in [-0.4, -0.2) is 51.6 Å². The number of aliphatic hydroxyl groups is 1. The smallest absolute Gasteiger partial charge is 0.345 e. The molecule has 9 heteroatoms. The molecule has 0 spiro atoms. The second kappa shape index (κ2) is 11.2. The third kappa shape index (κ3) is 6.22. The molecule has 2 aromatic rings. The van der Waals surface area contributed by atoms with E-state index in [9.17, 15) is 19.5 Å². The van der Waals surface area contributed by atoms with Crippen LogP contribution in [-0.2, 0) is 16.2 Å². The molecule has 1 saturated carbocycles. The molecule has 2 aliphatic rings. The SMILES string of the molecule is CC(C)(C)C(=O)CN1C(=O)N(CC(=O)Nc2cccc(CO)n2)N=C(C2CCCCC2)c2ccccc21. The molecule has 2 N–H and O–H groups in total. The predicted octanol–water partition coefficient (Wildman–Crippen LogP) is 4.35. The minimum Gasteiger partial charge on any atom is -0.390 e. The van der Waals surface area contributed by atoms with Crippen molar-refractivity contribution in [1.29, 1.82) is 0 Å². The molecule has 2 heterocycles. The highest BCUT2D eigenvalue weighted by atomic mass is 16.3. The monoisotopic (exact) mass is 505 g/mol. The molecule has 3 amide bonds. The number of carbonyl (C=O) groups is 3. The average Bonchev–Trinajstić information content (AvgIpc) is 2.99. The highest BCUT2D eigenvalue weighted by molar-refractivity contribution is 6.13. The molecule has 1 aromatic carbocycles.